The van der Waals surface area contributed by atoms with Crippen LogP contribution >= 0.6 is 0 Å². The van der Waals surface area contributed by atoms with Gasteiger partial charge in [-0.25, -0.2) is 4.79 Å². The SMILES string of the molecule is C=C(NCCc1ccc(C(=O)O)cc1)NC(C)(C)c1cccc(C(C)C)c1. The van der Waals surface area contributed by atoms with E-state index < -0.39 is 5.97 Å². The van der Waals surface area contributed by atoms with Crippen molar-refractivity contribution in [3.8, 4) is 0 Å². The highest BCUT2D eigenvalue weighted by atomic mass is 16.4. The monoisotopic (exact) mass is 366 g/mol. The minimum Gasteiger partial charge on any atom is -0.478 e. The van der Waals surface area contributed by atoms with Crippen molar-refractivity contribution in [1.29, 1.82) is 0 Å². The maximum absolute atomic E-state index is 10.9. The van der Waals surface area contributed by atoms with Crippen molar-refractivity contribution in [1.82, 2.24) is 10.6 Å². The summed E-state index contributed by atoms with van der Waals surface area (Å²) in [4.78, 5) is 10.9. The van der Waals surface area contributed by atoms with Gasteiger partial charge in [-0.3, -0.25) is 0 Å². The number of aromatic carboxylic acids is 1. The van der Waals surface area contributed by atoms with Gasteiger partial charge < -0.3 is 15.7 Å². The lowest BCUT2D eigenvalue weighted by Crippen LogP contribution is -2.40. The van der Waals surface area contributed by atoms with Crippen LogP contribution in [-0.2, 0) is 12.0 Å². The molecule has 3 N–H and O–H groups in total. The van der Waals surface area contributed by atoms with Crippen LogP contribution in [0.15, 0.2) is 60.9 Å². The summed E-state index contributed by atoms with van der Waals surface area (Å²) in [5.74, 6) is 0.368. The van der Waals surface area contributed by atoms with E-state index in [1.165, 1.54) is 11.1 Å². The van der Waals surface area contributed by atoms with Gasteiger partial charge in [-0.15, -0.1) is 0 Å². The van der Waals surface area contributed by atoms with Crippen molar-refractivity contribution >= 4 is 5.97 Å². The lowest BCUT2D eigenvalue weighted by atomic mass is 9.90. The van der Waals surface area contributed by atoms with Gasteiger partial charge in [0, 0.05) is 6.54 Å². The Bertz CT molecular complexity index is 792. The first-order chi connectivity index (χ1) is 12.7. The van der Waals surface area contributed by atoms with Crippen LogP contribution in [0.5, 0.6) is 0 Å². The molecule has 0 fully saturated rings. The van der Waals surface area contributed by atoms with Crippen LogP contribution in [0, 0.1) is 0 Å². The first-order valence-corrected chi connectivity index (χ1v) is 9.32. The van der Waals surface area contributed by atoms with Crippen molar-refractivity contribution in [2.24, 2.45) is 0 Å². The fourth-order valence-electron chi connectivity index (χ4n) is 2.95. The molecule has 0 aliphatic rings. The third kappa shape index (κ3) is 5.88. The fraction of sp³-hybridized carbons (Fsp3) is 0.348. The highest BCUT2D eigenvalue weighted by Crippen LogP contribution is 2.24. The molecular weight excluding hydrogens is 336 g/mol. The highest BCUT2D eigenvalue weighted by Gasteiger charge is 2.21. The Morgan fingerprint density at radius 2 is 1.81 bits per heavy atom. The average Bonchev–Trinajstić information content (AvgIpc) is 2.62. The lowest BCUT2D eigenvalue weighted by molar-refractivity contribution is 0.0697. The van der Waals surface area contributed by atoms with Crippen LogP contribution in [0.25, 0.3) is 0 Å². The Kier molecular flexibility index (Phi) is 6.67. The van der Waals surface area contributed by atoms with E-state index in [4.69, 9.17) is 5.11 Å². The molecule has 0 heterocycles. The Hall–Kier alpha value is -2.75. The van der Waals surface area contributed by atoms with Gasteiger partial charge in [0.1, 0.15) is 0 Å². The zero-order chi connectivity index (χ0) is 20.0. The van der Waals surface area contributed by atoms with Gasteiger partial charge in [-0.1, -0.05) is 56.8 Å². The van der Waals surface area contributed by atoms with Crippen molar-refractivity contribution < 1.29 is 9.90 Å². The molecular formula is C23H30N2O2. The van der Waals surface area contributed by atoms with E-state index in [1.54, 1.807) is 12.1 Å². The number of carbonyl (C=O) groups is 1. The summed E-state index contributed by atoms with van der Waals surface area (Å²) in [6, 6.07) is 15.6. The second-order valence-electron chi connectivity index (χ2n) is 7.69. The molecule has 2 aromatic rings. The molecule has 27 heavy (non-hydrogen) atoms. The second kappa shape index (κ2) is 8.76. The number of carboxylic acids is 1. The van der Waals surface area contributed by atoms with Gasteiger partial charge >= 0.3 is 5.97 Å². The number of benzene rings is 2. The molecule has 4 nitrogen and oxygen atoms in total. The van der Waals surface area contributed by atoms with Gasteiger partial charge in [-0.05, 0) is 55.0 Å². The molecule has 0 bridgehead atoms. The summed E-state index contributed by atoms with van der Waals surface area (Å²) in [5.41, 5.74) is 3.71. The average molecular weight is 367 g/mol. The van der Waals surface area contributed by atoms with E-state index in [0.717, 1.165) is 24.4 Å². The van der Waals surface area contributed by atoms with E-state index in [0.29, 0.717) is 11.5 Å². The van der Waals surface area contributed by atoms with Gasteiger partial charge in [0.15, 0.2) is 0 Å². The smallest absolute Gasteiger partial charge is 0.335 e. The molecule has 0 spiro atoms. The number of carboxylic acid groups (broad SMARTS) is 1. The molecule has 0 saturated heterocycles. The topological polar surface area (TPSA) is 61.4 Å². The molecule has 0 atom stereocenters. The van der Waals surface area contributed by atoms with Crippen molar-refractivity contribution in [3.63, 3.8) is 0 Å². The molecule has 0 amide bonds. The number of hydrogen-bond acceptors (Lipinski definition) is 3. The Labute approximate surface area is 162 Å². The molecule has 0 radical (unpaired) electrons. The largest absolute Gasteiger partial charge is 0.478 e. The molecule has 2 aromatic carbocycles. The normalized spacial score (nSPS) is 11.3. The van der Waals surface area contributed by atoms with E-state index in [-0.39, 0.29) is 5.54 Å². The van der Waals surface area contributed by atoms with E-state index >= 15 is 0 Å². The first kappa shape index (κ1) is 20.6. The third-order valence-electron chi connectivity index (χ3n) is 4.69. The molecule has 0 aliphatic heterocycles. The Balaban J connectivity index is 1.88. The van der Waals surface area contributed by atoms with Crippen molar-refractivity contribution in [3.05, 3.63) is 83.2 Å². The molecule has 0 saturated carbocycles. The standard InChI is InChI=1S/C23H30N2O2/c1-16(2)20-7-6-8-21(15-20)23(4,5)25-17(3)24-14-13-18-9-11-19(12-10-18)22(26)27/h6-12,15-16,24-25H,3,13-14H2,1-2,4-5H3,(H,26,27). The van der Waals surface area contributed by atoms with Crippen molar-refractivity contribution in [2.75, 3.05) is 6.54 Å². The summed E-state index contributed by atoms with van der Waals surface area (Å²) >= 11 is 0. The minimum atomic E-state index is -0.902. The first-order valence-electron chi connectivity index (χ1n) is 9.32. The van der Waals surface area contributed by atoms with Crippen LogP contribution in [0.3, 0.4) is 0 Å². The molecule has 144 valence electrons. The zero-order valence-corrected chi connectivity index (χ0v) is 16.7. The van der Waals surface area contributed by atoms with Crippen LogP contribution < -0.4 is 10.6 Å². The van der Waals surface area contributed by atoms with Crippen LogP contribution in [0.1, 0.15) is 60.7 Å². The second-order valence-corrected chi connectivity index (χ2v) is 7.69. The van der Waals surface area contributed by atoms with Crippen LogP contribution in [0.4, 0.5) is 0 Å². The molecule has 2 rings (SSSR count). The summed E-state index contributed by atoms with van der Waals surface area (Å²) in [6.45, 7) is 13.5. The molecule has 0 aromatic heterocycles. The van der Waals surface area contributed by atoms with Gasteiger partial charge in [0.25, 0.3) is 0 Å². The quantitative estimate of drug-likeness (QED) is 0.605. The summed E-state index contributed by atoms with van der Waals surface area (Å²) in [7, 11) is 0. The van der Waals surface area contributed by atoms with E-state index in [9.17, 15) is 4.79 Å². The van der Waals surface area contributed by atoms with Crippen LogP contribution in [-0.4, -0.2) is 17.6 Å². The maximum atomic E-state index is 10.9. The van der Waals surface area contributed by atoms with Gasteiger partial charge in [0.2, 0.25) is 0 Å². The highest BCUT2D eigenvalue weighted by molar-refractivity contribution is 5.87. The molecule has 4 heteroatoms. The maximum Gasteiger partial charge on any atom is 0.335 e. The lowest BCUT2D eigenvalue weighted by Gasteiger charge is -2.30. The predicted molar refractivity (Wildman–Crippen MR) is 111 cm³/mol. The molecule has 0 aliphatic carbocycles. The number of hydrogen-bond donors (Lipinski definition) is 3. The minimum absolute atomic E-state index is 0.238. The van der Waals surface area contributed by atoms with Gasteiger partial charge in [0.05, 0.1) is 16.9 Å². The van der Waals surface area contributed by atoms with Gasteiger partial charge in [-0.2, -0.15) is 0 Å². The molecule has 0 unspecified atom stereocenters. The summed E-state index contributed by atoms with van der Waals surface area (Å²) in [5, 5.41) is 15.7. The van der Waals surface area contributed by atoms with E-state index in [1.807, 2.05) is 12.1 Å². The Morgan fingerprint density at radius 3 is 2.41 bits per heavy atom. The fourth-order valence-corrected chi connectivity index (χ4v) is 2.95. The number of nitrogens with one attached hydrogen (secondary N) is 2. The third-order valence-corrected chi connectivity index (χ3v) is 4.69. The predicted octanol–water partition coefficient (Wildman–Crippen LogP) is 4.64. The zero-order valence-electron chi connectivity index (χ0n) is 16.7. The van der Waals surface area contributed by atoms with Crippen molar-refractivity contribution in [2.45, 2.75) is 45.6 Å². The van der Waals surface area contributed by atoms with E-state index in [2.05, 4.69) is 69.2 Å². The summed E-state index contributed by atoms with van der Waals surface area (Å²) < 4.78 is 0. The number of rotatable bonds is 9. The summed E-state index contributed by atoms with van der Waals surface area (Å²) in [6.07, 6.45) is 0.795. The van der Waals surface area contributed by atoms with Crippen LogP contribution in [0.2, 0.25) is 0 Å². The Morgan fingerprint density at radius 1 is 1.15 bits per heavy atom.